The molecule has 1 unspecified atom stereocenters. The van der Waals surface area contributed by atoms with Gasteiger partial charge in [0, 0.05) is 19.5 Å². The van der Waals surface area contributed by atoms with Gasteiger partial charge in [-0.3, -0.25) is 0 Å². The Labute approximate surface area is 91.2 Å². The summed E-state index contributed by atoms with van der Waals surface area (Å²) in [5.74, 6) is 0. The first-order valence-corrected chi connectivity index (χ1v) is 5.61. The molecule has 0 aromatic heterocycles. The summed E-state index contributed by atoms with van der Waals surface area (Å²) in [6, 6.07) is 0. The summed E-state index contributed by atoms with van der Waals surface area (Å²) in [6.45, 7) is 4.30. The van der Waals surface area contributed by atoms with Crippen LogP contribution < -0.4 is 0 Å². The molecule has 2 aliphatic heterocycles. The van der Waals surface area contributed by atoms with E-state index in [9.17, 15) is 0 Å². The van der Waals surface area contributed by atoms with Gasteiger partial charge in [-0.25, -0.2) is 0 Å². The van der Waals surface area contributed by atoms with Crippen molar-refractivity contribution in [3.63, 3.8) is 0 Å². The minimum atomic E-state index is 0.0449. The summed E-state index contributed by atoms with van der Waals surface area (Å²) in [5.41, 5.74) is 1.10. The van der Waals surface area contributed by atoms with Gasteiger partial charge < -0.3 is 14.5 Å². The van der Waals surface area contributed by atoms with Crippen molar-refractivity contribution in [2.24, 2.45) is 5.16 Å². The maximum Gasteiger partial charge on any atom is 0.106 e. The third kappa shape index (κ3) is 2.16. The smallest absolute Gasteiger partial charge is 0.106 e. The molecule has 0 saturated carbocycles. The van der Waals surface area contributed by atoms with E-state index in [4.69, 9.17) is 9.57 Å². The largest absolute Gasteiger partial charge is 0.399 e. The van der Waals surface area contributed by atoms with Gasteiger partial charge in [-0.15, -0.1) is 0 Å². The number of hydrogen-bond acceptors (Lipinski definition) is 4. The summed E-state index contributed by atoms with van der Waals surface area (Å²) in [7, 11) is 3.76. The normalized spacial score (nSPS) is 33.8. The molecule has 2 saturated heterocycles. The van der Waals surface area contributed by atoms with E-state index in [-0.39, 0.29) is 11.7 Å². The quantitative estimate of drug-likeness (QED) is 0.614. The maximum absolute atomic E-state index is 6.07. The standard InChI is InChI=1S/C11H20N2O2/c1-9-10(12-14-3)8-11(15-9)4-6-13(2)7-5-11/h9H,4-8H2,1-3H3/b12-10+. The molecule has 1 spiro atoms. The lowest BCUT2D eigenvalue weighted by Gasteiger charge is -2.36. The van der Waals surface area contributed by atoms with Gasteiger partial charge in [0.2, 0.25) is 0 Å². The highest BCUT2D eigenvalue weighted by atomic mass is 16.6. The molecule has 2 rings (SSSR count). The summed E-state index contributed by atoms with van der Waals surface area (Å²) >= 11 is 0. The zero-order chi connectivity index (χ0) is 10.9. The number of oxime groups is 1. The van der Waals surface area contributed by atoms with Gasteiger partial charge in [0.1, 0.15) is 7.11 Å². The van der Waals surface area contributed by atoms with E-state index >= 15 is 0 Å². The molecule has 0 aromatic rings. The van der Waals surface area contributed by atoms with Crippen LogP contribution in [0.2, 0.25) is 0 Å². The zero-order valence-corrected chi connectivity index (χ0v) is 9.82. The molecule has 0 aliphatic carbocycles. The number of nitrogens with zero attached hydrogens (tertiary/aromatic N) is 2. The molecule has 0 amide bonds. The van der Waals surface area contributed by atoms with E-state index in [1.807, 2.05) is 0 Å². The van der Waals surface area contributed by atoms with Crippen molar-refractivity contribution < 1.29 is 9.57 Å². The topological polar surface area (TPSA) is 34.1 Å². The van der Waals surface area contributed by atoms with Crippen LogP contribution in [0.3, 0.4) is 0 Å². The molecule has 0 bridgehead atoms. The highest BCUT2D eigenvalue weighted by Gasteiger charge is 2.44. The molecule has 0 N–H and O–H groups in total. The van der Waals surface area contributed by atoms with Crippen molar-refractivity contribution in [2.75, 3.05) is 27.2 Å². The van der Waals surface area contributed by atoms with E-state index in [1.165, 1.54) is 0 Å². The molecule has 1 atom stereocenters. The average Bonchev–Trinajstić information content (AvgIpc) is 2.50. The van der Waals surface area contributed by atoms with Crippen LogP contribution in [0.4, 0.5) is 0 Å². The Balaban J connectivity index is 2.04. The number of hydrogen-bond donors (Lipinski definition) is 0. The summed E-state index contributed by atoms with van der Waals surface area (Å²) in [5, 5.41) is 4.05. The zero-order valence-electron chi connectivity index (χ0n) is 9.82. The number of rotatable bonds is 1. The fourth-order valence-electron chi connectivity index (χ4n) is 2.50. The van der Waals surface area contributed by atoms with Gasteiger partial charge >= 0.3 is 0 Å². The first-order valence-electron chi connectivity index (χ1n) is 5.61. The van der Waals surface area contributed by atoms with E-state index in [2.05, 4.69) is 24.0 Å². The minimum Gasteiger partial charge on any atom is -0.399 e. The second-order valence-corrected chi connectivity index (χ2v) is 4.69. The first kappa shape index (κ1) is 10.9. The van der Waals surface area contributed by atoms with Crippen LogP contribution in [0.15, 0.2) is 5.16 Å². The van der Waals surface area contributed by atoms with Crippen molar-refractivity contribution >= 4 is 5.71 Å². The van der Waals surface area contributed by atoms with E-state index in [0.717, 1.165) is 38.1 Å². The fourth-order valence-corrected chi connectivity index (χ4v) is 2.50. The Morgan fingerprint density at radius 2 is 2.13 bits per heavy atom. The monoisotopic (exact) mass is 212 g/mol. The molecule has 2 heterocycles. The van der Waals surface area contributed by atoms with Gasteiger partial charge in [-0.05, 0) is 26.8 Å². The van der Waals surface area contributed by atoms with Gasteiger partial charge in [-0.2, -0.15) is 0 Å². The third-order valence-electron chi connectivity index (χ3n) is 3.51. The minimum absolute atomic E-state index is 0.0449. The molecular weight excluding hydrogens is 192 g/mol. The van der Waals surface area contributed by atoms with Gasteiger partial charge in [-0.1, -0.05) is 5.16 Å². The molecule has 86 valence electrons. The second kappa shape index (κ2) is 4.10. The molecule has 0 aromatic carbocycles. The number of likely N-dealkylation sites (tertiary alicyclic amines) is 1. The Morgan fingerprint density at radius 3 is 2.73 bits per heavy atom. The Kier molecular flexibility index (Phi) is 2.98. The van der Waals surface area contributed by atoms with E-state index < -0.39 is 0 Å². The first-order chi connectivity index (χ1) is 7.15. The number of piperidine rings is 1. The van der Waals surface area contributed by atoms with Gasteiger partial charge in [0.05, 0.1) is 17.4 Å². The molecule has 0 radical (unpaired) electrons. The van der Waals surface area contributed by atoms with Gasteiger partial charge in [0.25, 0.3) is 0 Å². The van der Waals surface area contributed by atoms with Crippen LogP contribution in [-0.2, 0) is 9.57 Å². The van der Waals surface area contributed by atoms with E-state index in [0.29, 0.717) is 0 Å². The molecule has 15 heavy (non-hydrogen) atoms. The second-order valence-electron chi connectivity index (χ2n) is 4.69. The summed E-state index contributed by atoms with van der Waals surface area (Å²) < 4.78 is 6.07. The molecule has 4 nitrogen and oxygen atoms in total. The molecule has 2 fully saturated rings. The average molecular weight is 212 g/mol. The Hall–Kier alpha value is -0.610. The van der Waals surface area contributed by atoms with Crippen molar-refractivity contribution in [1.82, 2.24) is 4.90 Å². The lowest BCUT2D eigenvalue weighted by atomic mass is 9.88. The van der Waals surface area contributed by atoms with Crippen LogP contribution in [0.25, 0.3) is 0 Å². The fraction of sp³-hybridized carbons (Fsp3) is 0.909. The third-order valence-corrected chi connectivity index (χ3v) is 3.51. The maximum atomic E-state index is 6.07. The number of ether oxygens (including phenoxy) is 1. The molecular formula is C11H20N2O2. The van der Waals surface area contributed by atoms with Crippen LogP contribution in [0.1, 0.15) is 26.2 Å². The molecule has 2 aliphatic rings. The SMILES string of the molecule is CO/N=C1\CC2(CCN(C)CC2)OC1C. The van der Waals surface area contributed by atoms with Crippen molar-refractivity contribution in [3.05, 3.63) is 0 Å². The van der Waals surface area contributed by atoms with Crippen molar-refractivity contribution in [2.45, 2.75) is 37.9 Å². The van der Waals surface area contributed by atoms with Crippen LogP contribution in [-0.4, -0.2) is 49.6 Å². The van der Waals surface area contributed by atoms with Crippen LogP contribution in [0.5, 0.6) is 0 Å². The van der Waals surface area contributed by atoms with E-state index in [1.54, 1.807) is 7.11 Å². The Bertz CT molecular complexity index is 257. The van der Waals surface area contributed by atoms with Gasteiger partial charge in [0.15, 0.2) is 0 Å². The lowest BCUT2D eigenvalue weighted by Crippen LogP contribution is -2.42. The summed E-state index contributed by atoms with van der Waals surface area (Å²) in [6.07, 6.45) is 3.27. The highest BCUT2D eigenvalue weighted by Crippen LogP contribution is 2.37. The predicted molar refractivity (Wildman–Crippen MR) is 59.1 cm³/mol. The lowest BCUT2D eigenvalue weighted by molar-refractivity contribution is -0.0657. The molecule has 4 heteroatoms. The van der Waals surface area contributed by atoms with Crippen LogP contribution in [0, 0.1) is 0 Å². The van der Waals surface area contributed by atoms with Crippen molar-refractivity contribution in [3.8, 4) is 0 Å². The Morgan fingerprint density at radius 1 is 1.47 bits per heavy atom. The highest BCUT2D eigenvalue weighted by molar-refractivity contribution is 5.90. The van der Waals surface area contributed by atoms with Crippen LogP contribution >= 0.6 is 0 Å². The summed E-state index contributed by atoms with van der Waals surface area (Å²) in [4.78, 5) is 7.20. The van der Waals surface area contributed by atoms with Crippen molar-refractivity contribution in [1.29, 1.82) is 0 Å². The predicted octanol–water partition coefficient (Wildman–Crippen LogP) is 1.26.